The van der Waals surface area contributed by atoms with Gasteiger partial charge in [0, 0.05) is 19.1 Å². The molecular weight excluding hydrogens is 331 g/mol. The SMILES string of the molecule is CCCCn1nnnc1CN(Cc1ccccc1C(F)(F)F)C1CC1. The summed E-state index contributed by atoms with van der Waals surface area (Å²) in [7, 11) is 0. The molecule has 1 aliphatic rings. The Labute approximate surface area is 144 Å². The van der Waals surface area contributed by atoms with Crippen molar-refractivity contribution in [1.82, 2.24) is 25.1 Å². The van der Waals surface area contributed by atoms with Crippen LogP contribution in [0.5, 0.6) is 0 Å². The van der Waals surface area contributed by atoms with Crippen LogP contribution in [-0.4, -0.2) is 31.1 Å². The van der Waals surface area contributed by atoms with Gasteiger partial charge in [0.05, 0.1) is 12.1 Å². The number of tetrazole rings is 1. The molecule has 0 spiro atoms. The lowest BCUT2D eigenvalue weighted by atomic mass is 10.1. The maximum atomic E-state index is 13.2. The van der Waals surface area contributed by atoms with E-state index < -0.39 is 11.7 Å². The Morgan fingerprint density at radius 2 is 1.96 bits per heavy atom. The third-order valence-corrected chi connectivity index (χ3v) is 4.43. The third-order valence-electron chi connectivity index (χ3n) is 4.43. The monoisotopic (exact) mass is 353 g/mol. The van der Waals surface area contributed by atoms with Gasteiger partial charge in [0.25, 0.3) is 0 Å². The molecule has 1 heterocycles. The van der Waals surface area contributed by atoms with Crippen LogP contribution in [-0.2, 0) is 25.8 Å². The normalized spacial score (nSPS) is 15.1. The van der Waals surface area contributed by atoms with Crippen molar-refractivity contribution in [3.8, 4) is 0 Å². The Morgan fingerprint density at radius 1 is 1.20 bits per heavy atom. The summed E-state index contributed by atoms with van der Waals surface area (Å²) < 4.78 is 41.5. The summed E-state index contributed by atoms with van der Waals surface area (Å²) in [5, 5.41) is 11.8. The fraction of sp³-hybridized carbons (Fsp3) is 0.588. The Morgan fingerprint density at radius 3 is 2.64 bits per heavy atom. The second kappa shape index (κ2) is 7.51. The van der Waals surface area contributed by atoms with Gasteiger partial charge in [0.2, 0.25) is 0 Å². The summed E-state index contributed by atoms with van der Waals surface area (Å²) in [6, 6.07) is 6.09. The maximum Gasteiger partial charge on any atom is 0.416 e. The summed E-state index contributed by atoms with van der Waals surface area (Å²) in [5.41, 5.74) is -0.263. The molecule has 3 rings (SSSR count). The van der Waals surface area contributed by atoms with E-state index in [1.54, 1.807) is 16.8 Å². The van der Waals surface area contributed by atoms with Crippen LogP contribution in [0.2, 0.25) is 0 Å². The van der Waals surface area contributed by atoms with Gasteiger partial charge in [-0.2, -0.15) is 13.2 Å². The molecule has 0 atom stereocenters. The second-order valence-corrected chi connectivity index (χ2v) is 6.46. The number of aryl methyl sites for hydroxylation is 1. The molecule has 2 aromatic rings. The Balaban J connectivity index is 1.77. The fourth-order valence-corrected chi connectivity index (χ4v) is 2.91. The first kappa shape index (κ1) is 17.8. The van der Waals surface area contributed by atoms with Crippen molar-refractivity contribution >= 4 is 0 Å². The highest BCUT2D eigenvalue weighted by Crippen LogP contribution is 2.35. The molecule has 1 saturated carbocycles. The Kier molecular flexibility index (Phi) is 5.36. The summed E-state index contributed by atoms with van der Waals surface area (Å²) in [6.07, 6.45) is -0.326. The van der Waals surface area contributed by atoms with Gasteiger partial charge in [0.15, 0.2) is 5.82 Å². The zero-order valence-corrected chi connectivity index (χ0v) is 14.2. The topological polar surface area (TPSA) is 46.8 Å². The maximum absolute atomic E-state index is 13.2. The van der Waals surface area contributed by atoms with Gasteiger partial charge in [-0.05, 0) is 41.3 Å². The molecule has 0 amide bonds. The lowest BCUT2D eigenvalue weighted by Gasteiger charge is -2.23. The van der Waals surface area contributed by atoms with Crippen LogP contribution < -0.4 is 0 Å². The van der Waals surface area contributed by atoms with E-state index in [1.807, 2.05) is 0 Å². The van der Waals surface area contributed by atoms with Crippen LogP contribution in [0, 0.1) is 0 Å². The van der Waals surface area contributed by atoms with Gasteiger partial charge in [0.1, 0.15) is 0 Å². The van der Waals surface area contributed by atoms with Crippen molar-refractivity contribution in [1.29, 1.82) is 0 Å². The molecule has 1 fully saturated rings. The lowest BCUT2D eigenvalue weighted by Crippen LogP contribution is -2.28. The van der Waals surface area contributed by atoms with Gasteiger partial charge in [-0.1, -0.05) is 31.5 Å². The van der Waals surface area contributed by atoms with Crippen LogP contribution in [0.1, 0.15) is 49.6 Å². The minimum absolute atomic E-state index is 0.251. The molecule has 0 N–H and O–H groups in total. The Bertz CT molecular complexity index is 694. The van der Waals surface area contributed by atoms with Crippen molar-refractivity contribution < 1.29 is 13.2 Å². The average molecular weight is 353 g/mol. The summed E-state index contributed by atoms with van der Waals surface area (Å²) >= 11 is 0. The molecule has 1 aromatic carbocycles. The van der Waals surface area contributed by atoms with Crippen molar-refractivity contribution in [2.24, 2.45) is 0 Å². The zero-order chi connectivity index (χ0) is 17.9. The van der Waals surface area contributed by atoms with Crippen LogP contribution in [0.3, 0.4) is 0 Å². The van der Waals surface area contributed by atoms with Gasteiger partial charge in [-0.25, -0.2) is 4.68 Å². The number of rotatable bonds is 8. The molecule has 0 bridgehead atoms. The smallest absolute Gasteiger partial charge is 0.289 e. The molecule has 0 unspecified atom stereocenters. The molecule has 25 heavy (non-hydrogen) atoms. The van der Waals surface area contributed by atoms with Crippen LogP contribution in [0.4, 0.5) is 13.2 Å². The van der Waals surface area contributed by atoms with E-state index in [2.05, 4.69) is 27.3 Å². The van der Waals surface area contributed by atoms with Crippen LogP contribution in [0.25, 0.3) is 0 Å². The highest BCUT2D eigenvalue weighted by Gasteiger charge is 2.35. The van der Waals surface area contributed by atoms with E-state index in [0.717, 1.165) is 38.3 Å². The van der Waals surface area contributed by atoms with E-state index in [4.69, 9.17) is 0 Å². The number of hydrogen-bond donors (Lipinski definition) is 0. The van der Waals surface area contributed by atoms with E-state index in [9.17, 15) is 13.2 Å². The summed E-state index contributed by atoms with van der Waals surface area (Å²) in [5.74, 6) is 0.713. The number of nitrogens with zero attached hydrogens (tertiary/aromatic N) is 5. The number of alkyl halides is 3. The van der Waals surface area contributed by atoms with E-state index in [1.165, 1.54) is 6.07 Å². The molecule has 8 heteroatoms. The largest absolute Gasteiger partial charge is 0.416 e. The predicted molar refractivity (Wildman–Crippen MR) is 86.4 cm³/mol. The zero-order valence-electron chi connectivity index (χ0n) is 14.2. The average Bonchev–Trinajstić information content (AvgIpc) is 3.33. The minimum Gasteiger partial charge on any atom is -0.289 e. The van der Waals surface area contributed by atoms with Crippen LogP contribution >= 0.6 is 0 Å². The molecule has 0 aliphatic heterocycles. The van der Waals surface area contributed by atoms with Crippen molar-refractivity contribution in [3.05, 3.63) is 41.2 Å². The molecule has 136 valence electrons. The first-order valence-corrected chi connectivity index (χ1v) is 8.63. The standard InChI is InChI=1S/C17H22F3N5/c1-2-3-10-25-16(21-22-23-25)12-24(14-8-9-14)11-13-6-4-5-7-15(13)17(18,19)20/h4-7,14H,2-3,8-12H2,1H3. The predicted octanol–water partition coefficient (Wildman–Crippen LogP) is 3.66. The first-order valence-electron chi connectivity index (χ1n) is 8.63. The van der Waals surface area contributed by atoms with Gasteiger partial charge in [-0.3, -0.25) is 4.90 Å². The number of benzene rings is 1. The van der Waals surface area contributed by atoms with Gasteiger partial charge >= 0.3 is 6.18 Å². The van der Waals surface area contributed by atoms with Gasteiger partial charge in [-0.15, -0.1) is 5.10 Å². The van der Waals surface area contributed by atoms with Crippen molar-refractivity contribution in [2.75, 3.05) is 0 Å². The molecule has 1 aromatic heterocycles. The highest BCUT2D eigenvalue weighted by atomic mass is 19.4. The Hall–Kier alpha value is -1.96. The molecule has 1 aliphatic carbocycles. The summed E-state index contributed by atoms with van der Waals surface area (Å²) in [4.78, 5) is 2.05. The summed E-state index contributed by atoms with van der Waals surface area (Å²) in [6.45, 7) is 3.54. The third kappa shape index (κ3) is 4.56. The van der Waals surface area contributed by atoms with E-state index >= 15 is 0 Å². The number of unbranched alkanes of at least 4 members (excludes halogenated alkanes) is 1. The fourth-order valence-electron chi connectivity index (χ4n) is 2.91. The number of aromatic nitrogens is 4. The minimum atomic E-state index is -4.34. The van der Waals surface area contributed by atoms with Crippen molar-refractivity contribution in [2.45, 2.75) is 64.5 Å². The number of hydrogen-bond acceptors (Lipinski definition) is 4. The lowest BCUT2D eigenvalue weighted by molar-refractivity contribution is -0.138. The highest BCUT2D eigenvalue weighted by molar-refractivity contribution is 5.29. The number of halogens is 3. The molecule has 0 saturated heterocycles. The van der Waals surface area contributed by atoms with E-state index in [0.29, 0.717) is 24.0 Å². The van der Waals surface area contributed by atoms with E-state index in [-0.39, 0.29) is 6.54 Å². The van der Waals surface area contributed by atoms with Gasteiger partial charge < -0.3 is 0 Å². The van der Waals surface area contributed by atoms with Crippen molar-refractivity contribution in [3.63, 3.8) is 0 Å². The molecule has 5 nitrogen and oxygen atoms in total. The quantitative estimate of drug-likeness (QED) is 0.727. The first-order chi connectivity index (χ1) is 12.0. The molecule has 0 radical (unpaired) electrons. The second-order valence-electron chi connectivity index (χ2n) is 6.46. The molecular formula is C17H22F3N5. The van der Waals surface area contributed by atoms with Crippen LogP contribution in [0.15, 0.2) is 24.3 Å².